The van der Waals surface area contributed by atoms with Crippen LogP contribution in [0.5, 0.6) is 0 Å². The Morgan fingerprint density at radius 2 is 2.30 bits per heavy atom. The van der Waals surface area contributed by atoms with E-state index in [1.807, 2.05) is 0 Å². The molecule has 2 rings (SSSR count). The minimum absolute atomic E-state index is 0.650. The molecule has 58 valence electrons. The summed E-state index contributed by atoms with van der Waals surface area (Å²) < 4.78 is 0. The van der Waals surface area contributed by atoms with Crippen molar-refractivity contribution in [2.45, 2.75) is 12.8 Å². The van der Waals surface area contributed by atoms with E-state index in [0.29, 0.717) is 5.41 Å². The van der Waals surface area contributed by atoms with Crippen molar-refractivity contribution < 1.29 is 4.90 Å². The van der Waals surface area contributed by atoms with Crippen molar-refractivity contribution in [3.63, 3.8) is 0 Å². The van der Waals surface area contributed by atoms with E-state index in [1.54, 1.807) is 0 Å². The molecule has 2 unspecified atom stereocenters. The van der Waals surface area contributed by atoms with Crippen LogP contribution in [0.2, 0.25) is 0 Å². The van der Waals surface area contributed by atoms with Crippen molar-refractivity contribution in [2.24, 2.45) is 5.41 Å². The lowest BCUT2D eigenvalue weighted by Gasteiger charge is -2.20. The maximum atomic E-state index is 4.05. The van der Waals surface area contributed by atoms with Gasteiger partial charge in [-0.2, -0.15) is 7.05 Å². The topological polar surface area (TPSA) is 16.5 Å². The summed E-state index contributed by atoms with van der Waals surface area (Å²) in [5.41, 5.74) is 0.650. The molecule has 0 saturated carbocycles. The molecule has 0 aromatic rings. The molecule has 0 radical (unpaired) electrons. The highest BCUT2D eigenvalue weighted by Gasteiger charge is 2.40. The van der Waals surface area contributed by atoms with Crippen molar-refractivity contribution in [1.29, 1.82) is 0 Å². The lowest BCUT2D eigenvalue weighted by Crippen LogP contribution is -3.05. The van der Waals surface area contributed by atoms with Gasteiger partial charge in [-0.3, -0.25) is 0 Å². The fourth-order valence-corrected chi connectivity index (χ4v) is 2.31. The van der Waals surface area contributed by atoms with E-state index in [0.717, 1.165) is 0 Å². The van der Waals surface area contributed by atoms with Gasteiger partial charge < -0.3 is 10.2 Å². The molecule has 2 heterocycles. The largest absolute Gasteiger partial charge is 0.467 e. The van der Waals surface area contributed by atoms with Crippen molar-refractivity contribution in [3.8, 4) is 0 Å². The van der Waals surface area contributed by atoms with E-state index in [4.69, 9.17) is 0 Å². The molecule has 0 aromatic carbocycles. The summed E-state index contributed by atoms with van der Waals surface area (Å²) in [6.07, 6.45) is 2.77. The minimum atomic E-state index is 0.650. The highest BCUT2D eigenvalue weighted by atomic mass is 15.1. The Balaban J connectivity index is 2.03. The van der Waals surface area contributed by atoms with Gasteiger partial charge in [0.1, 0.15) is 0 Å². The molecule has 2 atom stereocenters. The molecule has 2 saturated heterocycles. The molecule has 0 aliphatic carbocycles. The summed E-state index contributed by atoms with van der Waals surface area (Å²) >= 11 is 0. The van der Waals surface area contributed by atoms with Gasteiger partial charge >= 0.3 is 0 Å². The van der Waals surface area contributed by atoms with Gasteiger partial charge in [0.25, 0.3) is 0 Å². The molecule has 0 bridgehead atoms. The summed E-state index contributed by atoms with van der Waals surface area (Å²) in [6, 6.07) is 0. The molecule has 2 heteroatoms. The normalized spacial score (nSPS) is 47.1. The van der Waals surface area contributed by atoms with E-state index in [2.05, 4.69) is 12.4 Å². The van der Waals surface area contributed by atoms with Crippen LogP contribution < -0.4 is 10.2 Å². The van der Waals surface area contributed by atoms with Crippen molar-refractivity contribution in [1.82, 2.24) is 5.32 Å². The summed E-state index contributed by atoms with van der Waals surface area (Å²) in [5.74, 6) is 0. The molecule has 2 nitrogen and oxygen atoms in total. The van der Waals surface area contributed by atoms with Gasteiger partial charge in [-0.1, -0.05) is 0 Å². The predicted octanol–water partition coefficient (Wildman–Crippen LogP) is -0.954. The first-order valence-electron chi connectivity index (χ1n) is 4.18. The average molecular weight is 140 g/mol. The van der Waals surface area contributed by atoms with Crippen LogP contribution in [0.15, 0.2) is 0 Å². The third-order valence-electron chi connectivity index (χ3n) is 2.97. The lowest BCUT2D eigenvalue weighted by molar-refractivity contribution is -0.843. The standard InChI is InChI=1S/C8H16N2/c1-10-5-3-8(7-10)2-4-9-6-8/h9-10H,1-7H2. The second-order valence-corrected chi connectivity index (χ2v) is 3.85. The van der Waals surface area contributed by atoms with Crippen molar-refractivity contribution >= 4 is 0 Å². The van der Waals surface area contributed by atoms with E-state index < -0.39 is 0 Å². The number of nitrogens with one attached hydrogen (secondary N) is 2. The van der Waals surface area contributed by atoms with Crippen LogP contribution in [-0.4, -0.2) is 26.2 Å². The highest BCUT2D eigenvalue weighted by Crippen LogP contribution is 2.29. The maximum Gasteiger partial charge on any atom is 0.0602 e. The molecule has 1 spiro atoms. The SMILES string of the molecule is [CH2-][NH+]1CCC2(CCNC2)C1. The van der Waals surface area contributed by atoms with Gasteiger partial charge in [0.05, 0.1) is 13.1 Å². The maximum absolute atomic E-state index is 4.05. The van der Waals surface area contributed by atoms with Gasteiger partial charge in [0, 0.05) is 18.4 Å². The molecule has 2 aliphatic rings. The zero-order valence-electron chi connectivity index (χ0n) is 6.45. The molecule has 0 amide bonds. The fraction of sp³-hybridized carbons (Fsp3) is 0.875. The minimum Gasteiger partial charge on any atom is -0.467 e. The first kappa shape index (κ1) is 6.62. The van der Waals surface area contributed by atoms with Crippen molar-refractivity contribution in [3.05, 3.63) is 7.05 Å². The van der Waals surface area contributed by atoms with Crippen LogP contribution in [0.25, 0.3) is 0 Å². The van der Waals surface area contributed by atoms with E-state index in [9.17, 15) is 0 Å². The summed E-state index contributed by atoms with van der Waals surface area (Å²) in [5, 5.41) is 3.43. The Kier molecular flexibility index (Phi) is 1.46. The van der Waals surface area contributed by atoms with Crippen molar-refractivity contribution in [2.75, 3.05) is 26.2 Å². The lowest BCUT2D eigenvalue weighted by atomic mass is 9.87. The van der Waals surface area contributed by atoms with Crippen LogP contribution in [0, 0.1) is 12.5 Å². The summed E-state index contributed by atoms with van der Waals surface area (Å²) in [7, 11) is 4.05. The number of hydrogen-bond acceptors (Lipinski definition) is 1. The molecular weight excluding hydrogens is 124 g/mol. The summed E-state index contributed by atoms with van der Waals surface area (Å²) in [4.78, 5) is 1.48. The Labute approximate surface area is 62.6 Å². The number of likely N-dealkylation sites (tertiary alicyclic amines) is 1. The fourth-order valence-electron chi connectivity index (χ4n) is 2.31. The quantitative estimate of drug-likeness (QED) is 0.415. The molecule has 2 fully saturated rings. The molecule has 2 N–H and O–H groups in total. The predicted molar refractivity (Wildman–Crippen MR) is 40.6 cm³/mol. The Morgan fingerprint density at radius 1 is 1.40 bits per heavy atom. The average Bonchev–Trinajstić information content (AvgIpc) is 2.46. The number of hydrogen-bond donors (Lipinski definition) is 2. The van der Waals surface area contributed by atoms with E-state index >= 15 is 0 Å². The third kappa shape index (κ3) is 0.956. The molecular formula is C8H16N2. The van der Waals surface area contributed by atoms with Gasteiger partial charge in [-0.25, -0.2) is 0 Å². The van der Waals surface area contributed by atoms with Gasteiger partial charge in [-0.05, 0) is 13.0 Å². The molecule has 2 aliphatic heterocycles. The van der Waals surface area contributed by atoms with Gasteiger partial charge in [-0.15, -0.1) is 0 Å². The third-order valence-corrected chi connectivity index (χ3v) is 2.97. The first-order valence-corrected chi connectivity index (χ1v) is 4.18. The number of quaternary nitrogens is 1. The smallest absolute Gasteiger partial charge is 0.0602 e. The first-order chi connectivity index (χ1) is 4.81. The second-order valence-electron chi connectivity index (χ2n) is 3.85. The Morgan fingerprint density at radius 3 is 2.80 bits per heavy atom. The monoisotopic (exact) mass is 140 g/mol. The Bertz CT molecular complexity index is 127. The van der Waals surface area contributed by atoms with E-state index in [-0.39, 0.29) is 0 Å². The van der Waals surface area contributed by atoms with Crippen LogP contribution in [0.4, 0.5) is 0 Å². The zero-order valence-corrected chi connectivity index (χ0v) is 6.45. The van der Waals surface area contributed by atoms with Gasteiger partial charge in [0.2, 0.25) is 0 Å². The van der Waals surface area contributed by atoms with Crippen LogP contribution in [0.1, 0.15) is 12.8 Å². The van der Waals surface area contributed by atoms with Crippen LogP contribution >= 0.6 is 0 Å². The van der Waals surface area contributed by atoms with Gasteiger partial charge in [0.15, 0.2) is 0 Å². The van der Waals surface area contributed by atoms with Crippen LogP contribution in [0.3, 0.4) is 0 Å². The zero-order chi connectivity index (χ0) is 7.03. The molecule has 0 aromatic heterocycles. The van der Waals surface area contributed by atoms with E-state index in [1.165, 1.54) is 43.9 Å². The highest BCUT2D eigenvalue weighted by molar-refractivity contribution is 4.89. The molecule has 10 heavy (non-hydrogen) atoms. The second kappa shape index (κ2) is 2.21. The Hall–Kier alpha value is -0.0800. The number of rotatable bonds is 0. The van der Waals surface area contributed by atoms with Crippen LogP contribution in [-0.2, 0) is 0 Å². The summed E-state index contributed by atoms with van der Waals surface area (Å²) in [6.45, 7) is 5.04.